The first-order valence-corrected chi connectivity index (χ1v) is 6.48. The lowest BCUT2D eigenvalue weighted by Gasteiger charge is -2.25. The summed E-state index contributed by atoms with van der Waals surface area (Å²) >= 11 is 0. The minimum Gasteiger partial charge on any atom is -0.343 e. The molecule has 15 heavy (non-hydrogen) atoms. The lowest BCUT2D eigenvalue weighted by atomic mass is 10.1. The van der Waals surface area contributed by atoms with Gasteiger partial charge in [-0.1, -0.05) is 33.1 Å². The van der Waals surface area contributed by atoms with Crippen molar-refractivity contribution < 1.29 is 4.79 Å². The molecule has 2 heteroatoms. The molecule has 0 radical (unpaired) electrons. The van der Waals surface area contributed by atoms with Crippen LogP contribution in [0.1, 0.15) is 58.8 Å². The first-order chi connectivity index (χ1) is 7.20. The predicted octanol–water partition coefficient (Wildman–Crippen LogP) is 3.22. The molecule has 0 atom stereocenters. The molecular weight excluding hydrogens is 186 g/mol. The predicted molar refractivity (Wildman–Crippen MR) is 63.7 cm³/mol. The summed E-state index contributed by atoms with van der Waals surface area (Å²) in [5.41, 5.74) is 0. The van der Waals surface area contributed by atoms with Crippen molar-refractivity contribution in [2.45, 2.75) is 58.8 Å². The fourth-order valence-electron chi connectivity index (χ4n) is 2.07. The molecule has 1 aliphatic heterocycles. The normalized spacial score (nSPS) is 18.7. The van der Waals surface area contributed by atoms with Crippen LogP contribution in [0.15, 0.2) is 0 Å². The van der Waals surface area contributed by atoms with Crippen LogP contribution in [0.25, 0.3) is 0 Å². The highest BCUT2D eigenvalue weighted by Crippen LogP contribution is 2.13. The lowest BCUT2D eigenvalue weighted by Crippen LogP contribution is -2.33. The Balaban J connectivity index is 2.28. The molecule has 0 aromatic carbocycles. The fraction of sp³-hybridized carbons (Fsp3) is 0.923. The summed E-state index contributed by atoms with van der Waals surface area (Å²) in [7, 11) is 0. The maximum absolute atomic E-state index is 11.9. The molecule has 0 spiro atoms. The summed E-state index contributed by atoms with van der Waals surface area (Å²) in [6.07, 6.45) is 8.14. The number of nitrogens with zero attached hydrogens (tertiary/aromatic N) is 1. The Bertz CT molecular complexity index is 181. The number of likely N-dealkylation sites (tertiary alicyclic amines) is 1. The van der Waals surface area contributed by atoms with Crippen LogP contribution in [-0.2, 0) is 4.79 Å². The van der Waals surface area contributed by atoms with Crippen molar-refractivity contribution in [3.8, 4) is 0 Å². The topological polar surface area (TPSA) is 20.3 Å². The molecule has 0 saturated carbocycles. The monoisotopic (exact) mass is 211 g/mol. The minimum atomic E-state index is 0.380. The van der Waals surface area contributed by atoms with Gasteiger partial charge in [-0.3, -0.25) is 4.79 Å². The van der Waals surface area contributed by atoms with E-state index in [4.69, 9.17) is 0 Å². The molecule has 0 N–H and O–H groups in total. The number of rotatable bonds is 3. The summed E-state index contributed by atoms with van der Waals surface area (Å²) < 4.78 is 0. The van der Waals surface area contributed by atoms with Gasteiger partial charge >= 0.3 is 0 Å². The highest BCUT2D eigenvalue weighted by atomic mass is 16.2. The van der Waals surface area contributed by atoms with E-state index in [0.717, 1.165) is 25.9 Å². The maximum Gasteiger partial charge on any atom is 0.222 e. The summed E-state index contributed by atoms with van der Waals surface area (Å²) in [5, 5.41) is 0. The highest BCUT2D eigenvalue weighted by Gasteiger charge is 2.14. The van der Waals surface area contributed by atoms with E-state index in [1.165, 1.54) is 32.1 Å². The zero-order valence-electron chi connectivity index (χ0n) is 10.3. The minimum absolute atomic E-state index is 0.380. The van der Waals surface area contributed by atoms with Gasteiger partial charge in [0, 0.05) is 19.5 Å². The second-order valence-electron chi connectivity index (χ2n) is 5.08. The van der Waals surface area contributed by atoms with Gasteiger partial charge < -0.3 is 4.90 Å². The summed E-state index contributed by atoms with van der Waals surface area (Å²) in [4.78, 5) is 14.0. The molecular formula is C13H25NO. The van der Waals surface area contributed by atoms with Crippen LogP contribution < -0.4 is 0 Å². The quantitative estimate of drug-likeness (QED) is 0.702. The molecule has 1 rings (SSSR count). The third-order valence-electron chi connectivity index (χ3n) is 3.14. The zero-order valence-corrected chi connectivity index (χ0v) is 10.3. The molecule has 2 nitrogen and oxygen atoms in total. The summed E-state index contributed by atoms with van der Waals surface area (Å²) in [6.45, 7) is 6.36. The van der Waals surface area contributed by atoms with E-state index in [1.54, 1.807) is 0 Å². The largest absolute Gasteiger partial charge is 0.343 e. The average Bonchev–Trinajstić information content (AvgIpc) is 2.13. The fourth-order valence-corrected chi connectivity index (χ4v) is 2.07. The van der Waals surface area contributed by atoms with Crippen LogP contribution in [0.3, 0.4) is 0 Å². The van der Waals surface area contributed by atoms with E-state index in [-0.39, 0.29) is 0 Å². The maximum atomic E-state index is 11.9. The molecule has 1 aliphatic rings. The van der Waals surface area contributed by atoms with Gasteiger partial charge in [-0.2, -0.15) is 0 Å². The Hall–Kier alpha value is -0.530. The van der Waals surface area contributed by atoms with Crippen LogP contribution in [0, 0.1) is 5.92 Å². The zero-order chi connectivity index (χ0) is 11.1. The average molecular weight is 211 g/mol. The van der Waals surface area contributed by atoms with Crippen LogP contribution in [0.2, 0.25) is 0 Å². The molecule has 0 bridgehead atoms. The number of carbonyl (C=O) groups is 1. The van der Waals surface area contributed by atoms with Crippen molar-refractivity contribution in [3.63, 3.8) is 0 Å². The van der Waals surface area contributed by atoms with Crippen LogP contribution in [0.5, 0.6) is 0 Å². The lowest BCUT2D eigenvalue weighted by molar-refractivity contribution is -0.131. The van der Waals surface area contributed by atoms with Gasteiger partial charge in [-0.05, 0) is 25.2 Å². The van der Waals surface area contributed by atoms with E-state index >= 15 is 0 Å². The third kappa shape index (κ3) is 5.19. The number of carbonyl (C=O) groups excluding carboxylic acids is 1. The Morgan fingerprint density at radius 1 is 1.07 bits per heavy atom. The van der Waals surface area contributed by atoms with E-state index in [1.807, 2.05) is 0 Å². The molecule has 1 fully saturated rings. The standard InChI is InChI=1S/C13H25NO/c1-12(2)8-9-13(15)14-10-6-4-3-5-7-11-14/h12H,3-11H2,1-2H3. The molecule has 0 aromatic heterocycles. The van der Waals surface area contributed by atoms with E-state index in [0.29, 0.717) is 11.8 Å². The van der Waals surface area contributed by atoms with Crippen LogP contribution >= 0.6 is 0 Å². The Morgan fingerprint density at radius 2 is 1.60 bits per heavy atom. The second kappa shape index (κ2) is 6.86. The van der Waals surface area contributed by atoms with Crippen molar-refractivity contribution in [3.05, 3.63) is 0 Å². The van der Waals surface area contributed by atoms with Crippen LogP contribution in [0.4, 0.5) is 0 Å². The van der Waals surface area contributed by atoms with Gasteiger partial charge in [0.05, 0.1) is 0 Å². The molecule has 0 aliphatic carbocycles. The van der Waals surface area contributed by atoms with Crippen molar-refractivity contribution in [2.75, 3.05) is 13.1 Å². The van der Waals surface area contributed by atoms with Gasteiger partial charge in [0.2, 0.25) is 5.91 Å². The number of amides is 1. The molecule has 88 valence electrons. The summed E-state index contributed by atoms with van der Waals surface area (Å²) in [6, 6.07) is 0. The number of hydrogen-bond acceptors (Lipinski definition) is 1. The van der Waals surface area contributed by atoms with Crippen molar-refractivity contribution in [1.29, 1.82) is 0 Å². The van der Waals surface area contributed by atoms with Gasteiger partial charge in [0.15, 0.2) is 0 Å². The van der Waals surface area contributed by atoms with Gasteiger partial charge in [-0.25, -0.2) is 0 Å². The summed E-state index contributed by atoms with van der Waals surface area (Å²) in [5.74, 6) is 1.02. The van der Waals surface area contributed by atoms with E-state index in [9.17, 15) is 4.79 Å². The van der Waals surface area contributed by atoms with Crippen molar-refractivity contribution in [2.24, 2.45) is 5.92 Å². The molecule has 1 saturated heterocycles. The first kappa shape index (κ1) is 12.5. The Morgan fingerprint density at radius 3 is 2.13 bits per heavy atom. The Kier molecular flexibility index (Phi) is 5.74. The molecule has 0 aromatic rings. The van der Waals surface area contributed by atoms with Crippen molar-refractivity contribution >= 4 is 5.91 Å². The third-order valence-corrected chi connectivity index (χ3v) is 3.14. The van der Waals surface area contributed by atoms with Crippen LogP contribution in [-0.4, -0.2) is 23.9 Å². The van der Waals surface area contributed by atoms with Gasteiger partial charge in [0.25, 0.3) is 0 Å². The van der Waals surface area contributed by atoms with Gasteiger partial charge in [-0.15, -0.1) is 0 Å². The molecule has 1 heterocycles. The molecule has 1 amide bonds. The molecule has 0 unspecified atom stereocenters. The van der Waals surface area contributed by atoms with E-state index in [2.05, 4.69) is 18.7 Å². The highest BCUT2D eigenvalue weighted by molar-refractivity contribution is 5.76. The second-order valence-corrected chi connectivity index (χ2v) is 5.08. The Labute approximate surface area is 94.0 Å². The van der Waals surface area contributed by atoms with Gasteiger partial charge in [0.1, 0.15) is 0 Å². The smallest absolute Gasteiger partial charge is 0.222 e. The number of hydrogen-bond donors (Lipinski definition) is 0. The van der Waals surface area contributed by atoms with Crippen molar-refractivity contribution in [1.82, 2.24) is 4.90 Å². The SMILES string of the molecule is CC(C)CCC(=O)N1CCCCCCC1. The van der Waals surface area contributed by atoms with E-state index < -0.39 is 0 Å². The first-order valence-electron chi connectivity index (χ1n) is 6.48.